The van der Waals surface area contributed by atoms with Crippen LogP contribution >= 0.6 is 15.9 Å². The standard InChI is InChI=1S/C14H16BrNO3/c1-8-11(4-3-5-12(8)15)13(17)16(10-6-7-10)9(2)14(18)19/h3-5,9-10H,6-7H2,1-2H3,(H,18,19). The second-order valence-electron chi connectivity index (χ2n) is 4.87. The van der Waals surface area contributed by atoms with Crippen molar-refractivity contribution in [3.8, 4) is 0 Å². The first-order chi connectivity index (χ1) is 8.93. The first-order valence-corrected chi connectivity index (χ1v) is 7.03. The molecule has 0 aliphatic heterocycles. The zero-order valence-corrected chi connectivity index (χ0v) is 12.5. The van der Waals surface area contributed by atoms with E-state index >= 15 is 0 Å². The van der Waals surface area contributed by atoms with Gasteiger partial charge in [0.15, 0.2) is 0 Å². The Morgan fingerprint density at radius 1 is 1.42 bits per heavy atom. The summed E-state index contributed by atoms with van der Waals surface area (Å²) in [5.41, 5.74) is 1.41. The molecule has 1 aromatic carbocycles. The Bertz CT molecular complexity index is 525. The van der Waals surface area contributed by atoms with Gasteiger partial charge in [0.25, 0.3) is 5.91 Å². The third kappa shape index (κ3) is 2.81. The topological polar surface area (TPSA) is 57.6 Å². The van der Waals surface area contributed by atoms with Crippen LogP contribution in [0.1, 0.15) is 35.7 Å². The average Bonchev–Trinajstić information content (AvgIpc) is 3.17. The van der Waals surface area contributed by atoms with E-state index in [1.807, 2.05) is 13.0 Å². The lowest BCUT2D eigenvalue weighted by molar-refractivity contribution is -0.141. The van der Waals surface area contributed by atoms with E-state index in [9.17, 15) is 9.59 Å². The molecule has 4 nitrogen and oxygen atoms in total. The van der Waals surface area contributed by atoms with Gasteiger partial charge in [-0.1, -0.05) is 22.0 Å². The fourth-order valence-corrected chi connectivity index (χ4v) is 2.47. The van der Waals surface area contributed by atoms with Crippen LogP contribution in [0.3, 0.4) is 0 Å². The van der Waals surface area contributed by atoms with E-state index < -0.39 is 12.0 Å². The minimum atomic E-state index is -0.965. The zero-order valence-electron chi connectivity index (χ0n) is 10.9. The SMILES string of the molecule is Cc1c(Br)cccc1C(=O)N(C1CC1)C(C)C(=O)O. The summed E-state index contributed by atoms with van der Waals surface area (Å²) in [4.78, 5) is 25.2. The lowest BCUT2D eigenvalue weighted by Crippen LogP contribution is -2.45. The van der Waals surface area contributed by atoms with E-state index in [1.165, 1.54) is 4.90 Å². The summed E-state index contributed by atoms with van der Waals surface area (Å²) in [5.74, 6) is -1.16. The highest BCUT2D eigenvalue weighted by Gasteiger charge is 2.39. The van der Waals surface area contributed by atoms with Gasteiger partial charge < -0.3 is 10.0 Å². The van der Waals surface area contributed by atoms with Crippen LogP contribution in [0, 0.1) is 6.92 Å². The molecule has 0 spiro atoms. The predicted octanol–water partition coefficient (Wildman–Crippen LogP) is 2.84. The summed E-state index contributed by atoms with van der Waals surface area (Å²) >= 11 is 3.40. The lowest BCUT2D eigenvalue weighted by Gasteiger charge is -2.27. The highest BCUT2D eigenvalue weighted by atomic mass is 79.9. The van der Waals surface area contributed by atoms with E-state index in [2.05, 4.69) is 15.9 Å². The van der Waals surface area contributed by atoms with Crippen molar-refractivity contribution in [3.05, 3.63) is 33.8 Å². The highest BCUT2D eigenvalue weighted by molar-refractivity contribution is 9.10. The molecule has 1 unspecified atom stereocenters. The maximum Gasteiger partial charge on any atom is 0.326 e. The first kappa shape index (κ1) is 14.1. The molecule has 1 amide bonds. The van der Waals surface area contributed by atoms with Crippen molar-refractivity contribution in [1.29, 1.82) is 0 Å². The van der Waals surface area contributed by atoms with Gasteiger partial charge in [-0.15, -0.1) is 0 Å². The molecule has 1 N–H and O–H groups in total. The molecule has 1 saturated carbocycles. The molecule has 0 bridgehead atoms. The molecule has 19 heavy (non-hydrogen) atoms. The smallest absolute Gasteiger partial charge is 0.326 e. The van der Waals surface area contributed by atoms with Crippen LogP contribution in [0.4, 0.5) is 0 Å². The summed E-state index contributed by atoms with van der Waals surface area (Å²) < 4.78 is 0.858. The molecule has 1 fully saturated rings. The van der Waals surface area contributed by atoms with Gasteiger partial charge in [0, 0.05) is 16.1 Å². The normalized spacial score (nSPS) is 15.9. The third-order valence-corrected chi connectivity index (χ3v) is 4.31. The van der Waals surface area contributed by atoms with Crippen molar-refractivity contribution in [2.24, 2.45) is 0 Å². The number of carbonyl (C=O) groups excluding carboxylic acids is 1. The number of carbonyl (C=O) groups is 2. The number of nitrogens with zero attached hydrogens (tertiary/aromatic N) is 1. The van der Waals surface area contributed by atoms with E-state index in [4.69, 9.17) is 5.11 Å². The summed E-state index contributed by atoms with van der Waals surface area (Å²) in [7, 11) is 0. The van der Waals surface area contributed by atoms with Crippen molar-refractivity contribution in [1.82, 2.24) is 4.90 Å². The number of hydrogen-bond donors (Lipinski definition) is 1. The Morgan fingerprint density at radius 3 is 2.58 bits per heavy atom. The highest BCUT2D eigenvalue weighted by Crippen LogP contribution is 2.31. The zero-order chi connectivity index (χ0) is 14.2. The fourth-order valence-electron chi connectivity index (χ4n) is 2.11. The Kier molecular flexibility index (Phi) is 3.94. The number of aliphatic carboxylic acids is 1. The van der Waals surface area contributed by atoms with Crippen LogP contribution in [0.2, 0.25) is 0 Å². The lowest BCUT2D eigenvalue weighted by atomic mass is 10.1. The number of halogens is 1. The molecule has 1 atom stereocenters. The summed E-state index contributed by atoms with van der Waals surface area (Å²) in [6.45, 7) is 3.42. The molecule has 5 heteroatoms. The number of rotatable bonds is 4. The van der Waals surface area contributed by atoms with Gasteiger partial charge in [-0.3, -0.25) is 4.79 Å². The number of benzene rings is 1. The molecular formula is C14H16BrNO3. The maximum absolute atomic E-state index is 12.6. The summed E-state index contributed by atoms with van der Waals surface area (Å²) in [6.07, 6.45) is 1.77. The van der Waals surface area contributed by atoms with Crippen molar-refractivity contribution >= 4 is 27.8 Å². The van der Waals surface area contributed by atoms with Crippen molar-refractivity contribution in [2.45, 2.75) is 38.8 Å². The van der Waals surface area contributed by atoms with Crippen molar-refractivity contribution < 1.29 is 14.7 Å². The molecule has 1 aliphatic carbocycles. The van der Waals surface area contributed by atoms with E-state index in [0.717, 1.165) is 22.9 Å². The van der Waals surface area contributed by atoms with Gasteiger partial charge >= 0.3 is 5.97 Å². The fraction of sp³-hybridized carbons (Fsp3) is 0.429. The van der Waals surface area contributed by atoms with E-state index in [-0.39, 0.29) is 11.9 Å². The van der Waals surface area contributed by atoms with Gasteiger partial charge in [0.2, 0.25) is 0 Å². The van der Waals surface area contributed by atoms with Crippen molar-refractivity contribution in [3.63, 3.8) is 0 Å². The number of carboxylic acids is 1. The average molecular weight is 326 g/mol. The van der Waals surface area contributed by atoms with Crippen LogP contribution in [0.15, 0.2) is 22.7 Å². The molecule has 0 heterocycles. The van der Waals surface area contributed by atoms with Crippen LogP contribution in [0.5, 0.6) is 0 Å². The first-order valence-electron chi connectivity index (χ1n) is 6.24. The molecule has 0 saturated heterocycles. The van der Waals surface area contributed by atoms with Gasteiger partial charge in [-0.2, -0.15) is 0 Å². The second-order valence-corrected chi connectivity index (χ2v) is 5.72. The Balaban J connectivity index is 2.34. The minimum Gasteiger partial charge on any atom is -0.480 e. The minimum absolute atomic E-state index is 0.0666. The Morgan fingerprint density at radius 2 is 2.05 bits per heavy atom. The molecular weight excluding hydrogens is 310 g/mol. The van der Waals surface area contributed by atoms with Crippen LogP contribution in [-0.4, -0.2) is 34.0 Å². The van der Waals surface area contributed by atoms with Gasteiger partial charge in [0.05, 0.1) is 0 Å². The quantitative estimate of drug-likeness (QED) is 0.926. The van der Waals surface area contributed by atoms with Gasteiger partial charge in [0.1, 0.15) is 6.04 Å². The molecule has 0 aromatic heterocycles. The largest absolute Gasteiger partial charge is 0.480 e. The number of carboxylic acid groups (broad SMARTS) is 1. The molecule has 102 valence electrons. The Labute approximate surface area is 120 Å². The van der Waals surface area contributed by atoms with E-state index in [0.29, 0.717) is 5.56 Å². The maximum atomic E-state index is 12.6. The molecule has 0 radical (unpaired) electrons. The number of hydrogen-bond acceptors (Lipinski definition) is 2. The molecule has 1 aromatic rings. The van der Waals surface area contributed by atoms with Gasteiger partial charge in [-0.05, 0) is 44.4 Å². The monoisotopic (exact) mass is 325 g/mol. The molecule has 2 rings (SSSR count). The van der Waals surface area contributed by atoms with Crippen LogP contribution in [-0.2, 0) is 4.79 Å². The summed E-state index contributed by atoms with van der Waals surface area (Å²) in [5, 5.41) is 9.15. The number of amides is 1. The molecule has 1 aliphatic rings. The van der Waals surface area contributed by atoms with Gasteiger partial charge in [-0.25, -0.2) is 4.79 Å². The Hall–Kier alpha value is -1.36. The van der Waals surface area contributed by atoms with Crippen LogP contribution in [0.25, 0.3) is 0 Å². The van der Waals surface area contributed by atoms with Crippen LogP contribution < -0.4 is 0 Å². The van der Waals surface area contributed by atoms with Crippen molar-refractivity contribution in [2.75, 3.05) is 0 Å². The third-order valence-electron chi connectivity index (χ3n) is 3.45. The second kappa shape index (κ2) is 5.33. The predicted molar refractivity (Wildman–Crippen MR) is 75.2 cm³/mol. The van der Waals surface area contributed by atoms with E-state index in [1.54, 1.807) is 19.1 Å². The summed E-state index contributed by atoms with van der Waals surface area (Å²) in [6, 6.07) is 4.68.